The third-order valence-corrected chi connectivity index (χ3v) is 4.94. The Kier molecular flexibility index (Phi) is 5.25. The molecule has 120 valence electrons. The van der Waals surface area contributed by atoms with Crippen LogP contribution in [0.1, 0.15) is 52.4 Å². The Morgan fingerprint density at radius 2 is 1.86 bits per heavy atom. The van der Waals surface area contributed by atoms with Crippen LogP contribution in [0, 0.1) is 5.92 Å². The molecule has 1 aliphatic heterocycles. The van der Waals surface area contributed by atoms with E-state index in [9.17, 15) is 9.59 Å². The van der Waals surface area contributed by atoms with E-state index >= 15 is 0 Å². The Hall–Kier alpha value is -1.10. The summed E-state index contributed by atoms with van der Waals surface area (Å²) >= 11 is 0. The summed E-state index contributed by atoms with van der Waals surface area (Å²) in [5, 5.41) is 3.04. The molecule has 0 aromatic rings. The average molecular weight is 296 g/mol. The van der Waals surface area contributed by atoms with Crippen LogP contribution in [0.3, 0.4) is 0 Å². The minimum absolute atomic E-state index is 0.114. The van der Waals surface area contributed by atoms with Crippen molar-refractivity contribution in [3.63, 3.8) is 0 Å². The SMILES string of the molecule is COC(=O)C(C)(C)NCC(=O)N1CCCC2CCCCC21. The van der Waals surface area contributed by atoms with Gasteiger partial charge in [-0.25, -0.2) is 0 Å². The Morgan fingerprint density at radius 3 is 2.57 bits per heavy atom. The summed E-state index contributed by atoms with van der Waals surface area (Å²) in [6.07, 6.45) is 7.29. The second kappa shape index (κ2) is 6.77. The van der Waals surface area contributed by atoms with Crippen molar-refractivity contribution in [3.05, 3.63) is 0 Å². The van der Waals surface area contributed by atoms with Gasteiger partial charge in [0.15, 0.2) is 0 Å². The fraction of sp³-hybridized carbons (Fsp3) is 0.875. The standard InChI is InChI=1S/C16H28N2O3/c1-16(2,15(20)21-3)17-11-14(19)18-10-6-8-12-7-4-5-9-13(12)18/h12-13,17H,4-11H2,1-3H3. The lowest BCUT2D eigenvalue weighted by Gasteiger charge is -2.44. The topological polar surface area (TPSA) is 58.6 Å². The molecule has 2 rings (SSSR count). The Morgan fingerprint density at radius 1 is 1.19 bits per heavy atom. The molecular formula is C16H28N2O3. The Bertz CT molecular complexity index is 393. The van der Waals surface area contributed by atoms with E-state index < -0.39 is 5.54 Å². The first-order chi connectivity index (χ1) is 9.95. The van der Waals surface area contributed by atoms with Crippen LogP contribution in [0.15, 0.2) is 0 Å². The van der Waals surface area contributed by atoms with Gasteiger partial charge in [-0.1, -0.05) is 12.8 Å². The molecule has 21 heavy (non-hydrogen) atoms. The molecule has 1 N–H and O–H groups in total. The minimum atomic E-state index is -0.827. The fourth-order valence-electron chi connectivity index (χ4n) is 3.66. The molecule has 1 aliphatic carbocycles. The largest absolute Gasteiger partial charge is 0.468 e. The molecule has 0 radical (unpaired) electrons. The van der Waals surface area contributed by atoms with Crippen molar-refractivity contribution in [2.45, 2.75) is 64.0 Å². The zero-order chi connectivity index (χ0) is 15.5. The molecule has 1 saturated carbocycles. The van der Waals surface area contributed by atoms with Crippen molar-refractivity contribution in [1.29, 1.82) is 0 Å². The number of ether oxygens (including phenoxy) is 1. The summed E-state index contributed by atoms with van der Waals surface area (Å²) in [5.41, 5.74) is -0.827. The van der Waals surface area contributed by atoms with Crippen molar-refractivity contribution in [2.75, 3.05) is 20.2 Å². The minimum Gasteiger partial charge on any atom is -0.468 e. The number of esters is 1. The van der Waals surface area contributed by atoms with E-state index in [1.807, 2.05) is 4.90 Å². The van der Waals surface area contributed by atoms with Gasteiger partial charge >= 0.3 is 5.97 Å². The first kappa shape index (κ1) is 16.3. The van der Waals surface area contributed by atoms with E-state index in [0.717, 1.165) is 19.4 Å². The number of carbonyl (C=O) groups is 2. The van der Waals surface area contributed by atoms with E-state index in [1.165, 1.54) is 32.8 Å². The van der Waals surface area contributed by atoms with Gasteiger partial charge in [-0.2, -0.15) is 0 Å². The average Bonchev–Trinajstić information content (AvgIpc) is 2.51. The molecule has 2 aliphatic rings. The maximum absolute atomic E-state index is 12.5. The molecule has 5 heteroatoms. The zero-order valence-corrected chi connectivity index (χ0v) is 13.5. The number of nitrogens with one attached hydrogen (secondary N) is 1. The van der Waals surface area contributed by atoms with Crippen LogP contribution in [0.2, 0.25) is 0 Å². The highest BCUT2D eigenvalue weighted by Crippen LogP contribution is 2.35. The number of rotatable bonds is 4. The molecule has 1 heterocycles. The van der Waals surface area contributed by atoms with E-state index in [0.29, 0.717) is 12.0 Å². The van der Waals surface area contributed by atoms with Crippen LogP contribution in [0.25, 0.3) is 0 Å². The first-order valence-corrected chi connectivity index (χ1v) is 8.08. The molecule has 0 aromatic heterocycles. The van der Waals surface area contributed by atoms with Crippen molar-refractivity contribution < 1.29 is 14.3 Å². The summed E-state index contributed by atoms with van der Waals surface area (Å²) in [6.45, 7) is 4.54. The van der Waals surface area contributed by atoms with E-state index in [4.69, 9.17) is 4.74 Å². The summed E-state index contributed by atoms with van der Waals surface area (Å²) in [4.78, 5) is 26.2. The summed E-state index contributed by atoms with van der Waals surface area (Å²) in [5.74, 6) is 0.457. The van der Waals surface area contributed by atoms with E-state index in [2.05, 4.69) is 5.32 Å². The van der Waals surface area contributed by atoms with Crippen molar-refractivity contribution in [3.8, 4) is 0 Å². The first-order valence-electron chi connectivity index (χ1n) is 8.08. The lowest BCUT2D eigenvalue weighted by molar-refractivity contribution is -0.147. The van der Waals surface area contributed by atoms with Gasteiger partial charge in [0.25, 0.3) is 0 Å². The monoisotopic (exact) mass is 296 g/mol. The fourth-order valence-corrected chi connectivity index (χ4v) is 3.66. The summed E-state index contributed by atoms with van der Waals surface area (Å²) in [7, 11) is 1.37. The zero-order valence-electron chi connectivity index (χ0n) is 13.5. The van der Waals surface area contributed by atoms with Gasteiger partial charge in [-0.15, -0.1) is 0 Å². The van der Waals surface area contributed by atoms with E-state index in [-0.39, 0.29) is 18.4 Å². The molecule has 1 amide bonds. The lowest BCUT2D eigenvalue weighted by atomic mass is 9.78. The second-order valence-corrected chi connectivity index (χ2v) is 6.81. The third kappa shape index (κ3) is 3.76. The van der Waals surface area contributed by atoms with Gasteiger partial charge in [0.05, 0.1) is 13.7 Å². The number of likely N-dealkylation sites (tertiary alicyclic amines) is 1. The number of hydrogen-bond acceptors (Lipinski definition) is 4. The number of piperidine rings is 1. The number of methoxy groups -OCH3 is 1. The van der Waals surface area contributed by atoms with Crippen molar-refractivity contribution >= 4 is 11.9 Å². The molecule has 0 spiro atoms. The quantitative estimate of drug-likeness (QED) is 0.802. The van der Waals surface area contributed by atoms with Crippen LogP contribution in [0.4, 0.5) is 0 Å². The highest BCUT2D eigenvalue weighted by molar-refractivity contribution is 5.82. The van der Waals surface area contributed by atoms with Crippen LogP contribution in [-0.2, 0) is 14.3 Å². The van der Waals surface area contributed by atoms with Crippen molar-refractivity contribution in [2.24, 2.45) is 5.92 Å². The third-order valence-electron chi connectivity index (χ3n) is 4.94. The highest BCUT2D eigenvalue weighted by atomic mass is 16.5. The molecule has 2 atom stereocenters. The van der Waals surface area contributed by atoms with Gasteiger partial charge in [0, 0.05) is 12.6 Å². The van der Waals surface area contributed by atoms with Crippen LogP contribution in [-0.4, -0.2) is 48.6 Å². The maximum atomic E-state index is 12.5. The summed E-state index contributed by atoms with van der Waals surface area (Å²) in [6, 6.07) is 0.419. The normalized spacial score (nSPS) is 26.1. The number of carbonyl (C=O) groups excluding carboxylic acids is 2. The van der Waals surface area contributed by atoms with Crippen LogP contribution < -0.4 is 5.32 Å². The van der Waals surface area contributed by atoms with Gasteiger partial charge in [0.1, 0.15) is 5.54 Å². The van der Waals surface area contributed by atoms with Crippen LogP contribution >= 0.6 is 0 Å². The molecule has 2 unspecified atom stereocenters. The highest BCUT2D eigenvalue weighted by Gasteiger charge is 2.36. The maximum Gasteiger partial charge on any atom is 0.325 e. The van der Waals surface area contributed by atoms with Gasteiger partial charge in [-0.05, 0) is 45.4 Å². The lowest BCUT2D eigenvalue weighted by Crippen LogP contribution is -2.55. The summed E-state index contributed by atoms with van der Waals surface area (Å²) < 4.78 is 4.75. The molecule has 5 nitrogen and oxygen atoms in total. The van der Waals surface area contributed by atoms with Crippen molar-refractivity contribution in [1.82, 2.24) is 10.2 Å². The molecule has 1 saturated heterocycles. The molecule has 0 bridgehead atoms. The number of amides is 1. The number of hydrogen-bond donors (Lipinski definition) is 1. The molecular weight excluding hydrogens is 268 g/mol. The molecule has 0 aromatic carbocycles. The smallest absolute Gasteiger partial charge is 0.325 e. The van der Waals surface area contributed by atoms with Gasteiger partial charge in [0.2, 0.25) is 5.91 Å². The number of nitrogens with zero attached hydrogens (tertiary/aromatic N) is 1. The van der Waals surface area contributed by atoms with Gasteiger partial charge in [-0.3, -0.25) is 14.9 Å². The van der Waals surface area contributed by atoms with Crippen LogP contribution in [0.5, 0.6) is 0 Å². The molecule has 2 fully saturated rings. The predicted molar refractivity (Wildman–Crippen MR) is 80.8 cm³/mol. The number of fused-ring (bicyclic) bond motifs is 1. The predicted octanol–water partition coefficient (Wildman–Crippen LogP) is 1.71. The van der Waals surface area contributed by atoms with Gasteiger partial charge < -0.3 is 9.64 Å². The Labute approximate surface area is 127 Å². The second-order valence-electron chi connectivity index (χ2n) is 6.81. The Balaban J connectivity index is 1.91. The van der Waals surface area contributed by atoms with E-state index in [1.54, 1.807) is 13.8 Å².